The summed E-state index contributed by atoms with van der Waals surface area (Å²) in [4.78, 5) is 27.2. The molecule has 120 valence electrons. The first-order valence-electron chi connectivity index (χ1n) is 6.28. The number of fused-ring (bicyclic) bond motifs is 1. The number of carboxylic acid groups (broad SMARTS) is 1. The molecule has 0 unspecified atom stereocenters. The second-order valence-electron chi connectivity index (χ2n) is 5.09. The van der Waals surface area contributed by atoms with Gasteiger partial charge in [0.15, 0.2) is 0 Å². The van der Waals surface area contributed by atoms with E-state index < -0.39 is 33.6 Å². The molecule has 1 aromatic heterocycles. The molecule has 8 nitrogen and oxygen atoms in total. The number of halogens is 1. The van der Waals surface area contributed by atoms with Crippen LogP contribution >= 0.6 is 15.9 Å². The Balaban J connectivity index is 2.51. The van der Waals surface area contributed by atoms with Gasteiger partial charge in [-0.25, -0.2) is 13.2 Å². The van der Waals surface area contributed by atoms with Crippen molar-refractivity contribution in [1.82, 2.24) is 14.7 Å². The summed E-state index contributed by atoms with van der Waals surface area (Å²) in [7, 11) is -4.08. The van der Waals surface area contributed by atoms with Crippen LogP contribution in [0.3, 0.4) is 0 Å². The van der Waals surface area contributed by atoms with Crippen molar-refractivity contribution in [2.75, 3.05) is 0 Å². The maximum atomic E-state index is 12.4. The summed E-state index contributed by atoms with van der Waals surface area (Å²) in [5, 5.41) is 9.11. The summed E-state index contributed by atoms with van der Waals surface area (Å²) in [6.45, 7) is 3.20. The minimum atomic E-state index is -4.08. The number of carboxylic acids is 1. The van der Waals surface area contributed by atoms with Crippen molar-refractivity contribution < 1.29 is 18.3 Å². The lowest BCUT2D eigenvalue weighted by Gasteiger charge is -2.18. The third kappa shape index (κ3) is 3.23. The fraction of sp³-hybridized carbons (Fsp3) is 0.333. The van der Waals surface area contributed by atoms with Crippen molar-refractivity contribution >= 4 is 43.0 Å². The predicted octanol–water partition coefficient (Wildman–Crippen LogP) is 1.01. The number of rotatable bonds is 5. The molecular formula is C12H14BrN3O5S. The molecule has 0 spiro atoms. The molecule has 0 radical (unpaired) electrons. The van der Waals surface area contributed by atoms with Crippen LogP contribution in [0.5, 0.6) is 0 Å². The van der Waals surface area contributed by atoms with Crippen molar-refractivity contribution in [1.29, 1.82) is 0 Å². The summed E-state index contributed by atoms with van der Waals surface area (Å²) in [5.41, 5.74) is 0.287. The van der Waals surface area contributed by atoms with Gasteiger partial charge in [-0.05, 0) is 34.0 Å². The highest BCUT2D eigenvalue weighted by Gasteiger charge is 2.29. The number of aromatic amines is 2. The van der Waals surface area contributed by atoms with Crippen LogP contribution in [-0.2, 0) is 14.8 Å². The molecule has 0 fully saturated rings. The average Bonchev–Trinajstić information content (AvgIpc) is 2.73. The second kappa shape index (κ2) is 5.86. The number of aromatic nitrogens is 2. The molecule has 0 aliphatic carbocycles. The van der Waals surface area contributed by atoms with Gasteiger partial charge in [0.1, 0.15) is 6.04 Å². The summed E-state index contributed by atoms with van der Waals surface area (Å²) in [6, 6.07) is 1.45. The number of benzene rings is 1. The van der Waals surface area contributed by atoms with Crippen molar-refractivity contribution in [3.63, 3.8) is 0 Å². The Labute approximate surface area is 134 Å². The third-order valence-electron chi connectivity index (χ3n) is 3.07. The SMILES string of the molecule is CC(C)[C@H](NS(=O)(=O)c1cc2[nH]c(=O)[nH]c2cc1Br)C(=O)O. The summed E-state index contributed by atoms with van der Waals surface area (Å²) in [5.74, 6) is -1.69. The number of hydrogen-bond acceptors (Lipinski definition) is 4. The molecule has 2 aromatic rings. The topological polar surface area (TPSA) is 132 Å². The highest BCUT2D eigenvalue weighted by Crippen LogP contribution is 2.26. The van der Waals surface area contributed by atoms with E-state index in [4.69, 9.17) is 5.11 Å². The molecular weight excluding hydrogens is 378 g/mol. The highest BCUT2D eigenvalue weighted by molar-refractivity contribution is 9.10. The largest absolute Gasteiger partial charge is 0.480 e. The molecule has 0 aliphatic heterocycles. The number of hydrogen-bond donors (Lipinski definition) is 4. The normalized spacial score (nSPS) is 13.6. The summed E-state index contributed by atoms with van der Waals surface area (Å²) < 4.78 is 27.2. The fourth-order valence-corrected chi connectivity index (χ4v) is 4.35. The van der Waals surface area contributed by atoms with Gasteiger partial charge in [-0.3, -0.25) is 4.79 Å². The van der Waals surface area contributed by atoms with E-state index in [-0.39, 0.29) is 9.37 Å². The first-order valence-corrected chi connectivity index (χ1v) is 8.56. The van der Waals surface area contributed by atoms with Gasteiger partial charge in [0.2, 0.25) is 10.0 Å². The zero-order chi connectivity index (χ0) is 16.7. The predicted molar refractivity (Wildman–Crippen MR) is 83.2 cm³/mol. The average molecular weight is 392 g/mol. The van der Waals surface area contributed by atoms with E-state index >= 15 is 0 Å². The Bertz CT molecular complexity index is 884. The van der Waals surface area contributed by atoms with Crippen molar-refractivity contribution in [2.24, 2.45) is 5.92 Å². The van der Waals surface area contributed by atoms with Gasteiger partial charge >= 0.3 is 11.7 Å². The standard InChI is InChI=1S/C12H14BrN3O5S/c1-5(2)10(11(17)18)16-22(20,21)9-4-8-7(3-6(9)13)14-12(19)15-8/h3-5,10,16H,1-2H3,(H,17,18)(H2,14,15,19)/t10-/m0/s1. The molecule has 22 heavy (non-hydrogen) atoms. The van der Waals surface area contributed by atoms with E-state index in [9.17, 15) is 18.0 Å². The monoisotopic (exact) mass is 391 g/mol. The molecule has 0 saturated carbocycles. The third-order valence-corrected chi connectivity index (χ3v) is 5.47. The maximum Gasteiger partial charge on any atom is 0.323 e. The summed E-state index contributed by atoms with van der Waals surface area (Å²) in [6.07, 6.45) is 0. The van der Waals surface area contributed by atoms with Gasteiger partial charge in [0.05, 0.1) is 15.9 Å². The van der Waals surface area contributed by atoms with Crippen LogP contribution in [-0.4, -0.2) is 35.5 Å². The van der Waals surface area contributed by atoms with E-state index in [2.05, 4.69) is 30.6 Å². The number of nitrogens with one attached hydrogen (secondary N) is 3. The molecule has 0 saturated heterocycles. The number of sulfonamides is 1. The molecule has 0 amide bonds. The smallest absolute Gasteiger partial charge is 0.323 e. The maximum absolute atomic E-state index is 12.4. The van der Waals surface area contributed by atoms with E-state index in [1.807, 2.05) is 0 Å². The zero-order valence-corrected chi connectivity index (χ0v) is 14.1. The lowest BCUT2D eigenvalue weighted by Crippen LogP contribution is -2.44. The zero-order valence-electron chi connectivity index (χ0n) is 11.7. The van der Waals surface area contributed by atoms with Gasteiger partial charge < -0.3 is 15.1 Å². The van der Waals surface area contributed by atoms with Crippen LogP contribution in [0.1, 0.15) is 13.8 Å². The lowest BCUT2D eigenvalue weighted by atomic mass is 10.1. The molecule has 1 atom stereocenters. The van der Waals surface area contributed by atoms with Gasteiger partial charge in [-0.2, -0.15) is 4.72 Å². The van der Waals surface area contributed by atoms with Crippen LogP contribution in [0.2, 0.25) is 0 Å². The quantitative estimate of drug-likeness (QED) is 0.603. The van der Waals surface area contributed by atoms with Crippen LogP contribution in [0.15, 0.2) is 26.3 Å². The molecule has 2 rings (SSSR count). The lowest BCUT2D eigenvalue weighted by molar-refractivity contribution is -0.140. The van der Waals surface area contributed by atoms with Gasteiger partial charge in [0, 0.05) is 4.47 Å². The van der Waals surface area contributed by atoms with Crippen molar-refractivity contribution in [2.45, 2.75) is 24.8 Å². The van der Waals surface area contributed by atoms with Gasteiger partial charge in [0.25, 0.3) is 0 Å². The van der Waals surface area contributed by atoms with Gasteiger partial charge in [-0.1, -0.05) is 13.8 Å². The number of imidazole rings is 1. The first kappa shape index (κ1) is 16.7. The molecule has 10 heteroatoms. The van der Waals surface area contributed by atoms with E-state index in [0.717, 1.165) is 0 Å². The van der Waals surface area contributed by atoms with Crippen LogP contribution in [0, 0.1) is 5.92 Å². The fourth-order valence-electron chi connectivity index (χ4n) is 1.94. The number of H-pyrrole nitrogens is 2. The van der Waals surface area contributed by atoms with E-state index in [1.54, 1.807) is 13.8 Å². The Morgan fingerprint density at radius 3 is 2.32 bits per heavy atom. The summed E-state index contributed by atoms with van der Waals surface area (Å²) >= 11 is 3.12. The van der Waals surface area contributed by atoms with E-state index in [0.29, 0.717) is 11.0 Å². The van der Waals surface area contributed by atoms with Crippen LogP contribution < -0.4 is 10.4 Å². The Kier molecular flexibility index (Phi) is 4.45. The minimum Gasteiger partial charge on any atom is -0.480 e. The van der Waals surface area contributed by atoms with Gasteiger partial charge in [-0.15, -0.1) is 0 Å². The second-order valence-corrected chi connectivity index (χ2v) is 7.63. The Morgan fingerprint density at radius 2 is 1.82 bits per heavy atom. The molecule has 1 aromatic carbocycles. The molecule has 1 heterocycles. The molecule has 0 bridgehead atoms. The van der Waals surface area contributed by atoms with E-state index in [1.165, 1.54) is 12.1 Å². The molecule has 0 aliphatic rings. The minimum absolute atomic E-state index is 0.151. The first-order chi connectivity index (χ1) is 10.1. The van der Waals surface area contributed by atoms with Crippen molar-refractivity contribution in [3.8, 4) is 0 Å². The van der Waals surface area contributed by atoms with Crippen LogP contribution in [0.25, 0.3) is 11.0 Å². The number of carbonyl (C=O) groups is 1. The molecule has 4 N–H and O–H groups in total. The Hall–Kier alpha value is -1.65. The van der Waals surface area contributed by atoms with Crippen LogP contribution in [0.4, 0.5) is 0 Å². The Morgan fingerprint density at radius 1 is 1.27 bits per heavy atom. The number of aliphatic carboxylic acids is 1. The van der Waals surface area contributed by atoms with Crippen molar-refractivity contribution in [3.05, 3.63) is 27.1 Å². The highest BCUT2D eigenvalue weighted by atomic mass is 79.9.